The van der Waals surface area contributed by atoms with Gasteiger partial charge in [0.2, 0.25) is 112 Å². The number of thioether (sulfide) groups is 2. The maximum atomic E-state index is 15.3. The van der Waals surface area contributed by atoms with Gasteiger partial charge in [-0.1, -0.05) is 114 Å². The van der Waals surface area contributed by atoms with Crippen LogP contribution in [0.1, 0.15) is 190 Å². The highest BCUT2D eigenvalue weighted by atomic mass is 32.2. The van der Waals surface area contributed by atoms with Gasteiger partial charge < -0.3 is 139 Å². The largest absolute Gasteiger partial charge is 0.481 e. The monoisotopic (exact) mass is 2110 g/mol. The zero-order chi connectivity index (χ0) is 109. The second kappa shape index (κ2) is 64.9. The molecule has 0 radical (unpaired) electrons. The van der Waals surface area contributed by atoms with Crippen LogP contribution < -0.4 is 119 Å². The van der Waals surface area contributed by atoms with Gasteiger partial charge in [0.25, 0.3) is 0 Å². The molecule has 0 aromatic heterocycles. The number of hydrogen-bond acceptors (Lipinski definition) is 27. The smallest absolute Gasteiger partial charge is 0.303 e. The second-order valence-corrected chi connectivity index (χ2v) is 40.2. The molecule has 30 N–H and O–H groups in total. The van der Waals surface area contributed by atoms with Crippen LogP contribution >= 0.6 is 23.5 Å². The van der Waals surface area contributed by atoms with Crippen LogP contribution in [-0.4, -0.2) is 312 Å². The molecule has 0 unspecified atom stereocenters. The molecule has 13 atom stereocenters. The molecule has 49 heteroatoms. The molecular weight excluding hydrogens is 1950 g/mol. The summed E-state index contributed by atoms with van der Waals surface area (Å²) < 4.78 is 0. The summed E-state index contributed by atoms with van der Waals surface area (Å²) in [6.07, 6.45) is 5.49. The summed E-state index contributed by atoms with van der Waals surface area (Å²) in [5.41, 5.74) is 38.1. The number of nitrogens with one attached hydrogen (secondary N) is 17. The number of rotatable bonds is 65. The summed E-state index contributed by atoms with van der Waals surface area (Å²) in [6.45, 7) is 7.35. The van der Waals surface area contributed by atoms with Crippen LogP contribution in [-0.2, 0) is 135 Å². The summed E-state index contributed by atoms with van der Waals surface area (Å²) in [7, 11) is 0. The van der Waals surface area contributed by atoms with Crippen molar-refractivity contribution in [3.05, 3.63) is 106 Å². The Morgan fingerprint density at radius 3 is 0.986 bits per heavy atom. The summed E-state index contributed by atoms with van der Waals surface area (Å²) in [6, 6.07) is 4.34. The predicted octanol–water partition coefficient (Wildman–Crippen LogP) is -4.12. The zero-order valence-corrected chi connectivity index (χ0v) is 87.5. The Morgan fingerprint density at radius 1 is 0.338 bits per heavy atom. The van der Waals surface area contributed by atoms with E-state index < -0.39 is 242 Å². The van der Waals surface area contributed by atoms with Crippen molar-refractivity contribution in [3.8, 4) is 0 Å². The number of carboxylic acids is 1. The predicted molar refractivity (Wildman–Crippen MR) is 555 cm³/mol. The van der Waals surface area contributed by atoms with Gasteiger partial charge in [-0.2, -0.15) is 23.5 Å². The van der Waals surface area contributed by atoms with Crippen LogP contribution in [0, 0.1) is 23.2 Å². The van der Waals surface area contributed by atoms with Gasteiger partial charge in [-0.05, 0) is 204 Å². The number of primary amides is 1. The SMILES string of the molecule is CSCC[C@H](NC(=O)[C@H](CC(C)C)NC(=O)[C@H](CCC(=O)O)NC(=O)[C@@H]1Cc2ccccc2CN1C(=O)[C@H](CCCCN)NC(=O)CNC(=O)[C@H](CC(C)C)NC(=O)CNC(=O)[C@@H]1Cc2ccccc2CN1C(=O)[C@H](CCCCN)NC(=O)CNC(=O)[C@H](CC(C)C)NC(=O)CNC(=O)[C@@H]1Cc2ccccc2CN1C(=O)[C@H](CCSC)NC(=O)[C@H](CCCCN)NC(=O)CN)C(=O)NCC(=O)N[C@@H](CCCNC(=N)N)C(N)=O. The molecule has 0 bridgehead atoms. The number of amides is 19. The van der Waals surface area contributed by atoms with Crippen LogP contribution in [0.15, 0.2) is 72.8 Å². The van der Waals surface area contributed by atoms with E-state index in [0.717, 1.165) is 11.1 Å². The number of guanidine groups is 1. The standard InChI is InChI=1S/C99H154N26O21S2/c1-57(2)42-73(118-84(131)53-112-94(142)77-46-61-23-10-13-26-64(61)55-124(77)98(146)72(35-41-148-8)121-90(138)67(28-15-18-36-100)114-79(126)48-103)88(136)109-50-81(128)115-70(29-16-19-37-101)96(144)123-54-63-25-12-9-22-60(63)45-76(123)93(141)111-52-83(130)117-74(43-58(3)4)89(137)110-51-82(129)116-71(30-17-20-38-102)97(145)125-56-65-27-14-11-24-62(65)47-78(125)95(143)120-68(32-33-85(132)133)91(139)122-75(44-59(5)6)92(140)119-69(34-40-147-7)87(135)108-49-80(127)113-66(86(104)134)31-21-39-107-99(105)106/h9-14,22-27,57-59,66-78H,15-21,28-56,100-103H2,1-8H3,(H2,104,134)(H,108,135)(H,109,136)(H,110,137)(H,111,141)(H,112,142)(H,113,127)(H,114,126)(H,115,128)(H,116,129)(H,117,130)(H,118,131)(H,119,140)(H,120,143)(H,121,138)(H,122,139)(H,132,133)(H4,105,106,107)/t66-,67-,68-,69-,70-,71-,72-,73-,74-,75-,76-,77-,78-/m0/s1. The summed E-state index contributed by atoms with van der Waals surface area (Å²) in [5.74, 6) is -16.6. The van der Waals surface area contributed by atoms with Crippen molar-refractivity contribution in [3.63, 3.8) is 0 Å². The summed E-state index contributed by atoms with van der Waals surface area (Å²) in [4.78, 5) is 284. The van der Waals surface area contributed by atoms with Crippen molar-refractivity contribution in [2.24, 2.45) is 52.2 Å². The van der Waals surface area contributed by atoms with Crippen molar-refractivity contribution in [1.82, 2.24) is 99.8 Å². The van der Waals surface area contributed by atoms with Gasteiger partial charge in [0.15, 0.2) is 5.96 Å². The lowest BCUT2D eigenvalue weighted by atomic mass is 9.92. The van der Waals surface area contributed by atoms with Crippen LogP contribution in [0.2, 0.25) is 0 Å². The van der Waals surface area contributed by atoms with Crippen LogP contribution in [0.3, 0.4) is 0 Å². The number of unbranched alkanes of at least 4 members (excludes halogenated alkanes) is 3. The molecule has 0 saturated heterocycles. The number of benzene rings is 3. The normalized spacial score (nSPS) is 16.0. The Balaban J connectivity index is 1.11. The minimum absolute atomic E-state index is 0.00699. The van der Waals surface area contributed by atoms with E-state index in [1.54, 1.807) is 108 Å². The van der Waals surface area contributed by atoms with Crippen molar-refractivity contribution < 1.29 is 101 Å². The Hall–Kier alpha value is -13.1. The fourth-order valence-electron chi connectivity index (χ4n) is 17.3. The van der Waals surface area contributed by atoms with E-state index in [4.69, 9.17) is 39.8 Å². The number of hydrogen-bond donors (Lipinski definition) is 24. The average molecular weight is 2110 g/mol. The van der Waals surface area contributed by atoms with Gasteiger partial charge in [0.05, 0.1) is 39.3 Å². The van der Waals surface area contributed by atoms with E-state index in [9.17, 15) is 86.6 Å². The van der Waals surface area contributed by atoms with E-state index >= 15 is 14.4 Å². The van der Waals surface area contributed by atoms with Crippen LogP contribution in [0.4, 0.5) is 0 Å². The molecule has 0 aliphatic carbocycles. The van der Waals surface area contributed by atoms with E-state index in [2.05, 4.69) is 85.1 Å². The minimum Gasteiger partial charge on any atom is -0.481 e. The molecule has 3 aliphatic heterocycles. The summed E-state index contributed by atoms with van der Waals surface area (Å²) in [5, 5.41) is 59.2. The first-order chi connectivity index (χ1) is 70.5. The number of nitrogens with two attached hydrogens (primary N) is 6. The number of aliphatic carboxylic acids is 1. The molecule has 3 heterocycles. The number of fused-ring (bicyclic) bond motifs is 3. The third-order valence-corrected chi connectivity index (χ3v) is 26.3. The Kier molecular flexibility index (Phi) is 54.2. The highest BCUT2D eigenvalue weighted by Gasteiger charge is 2.45. The topological polar surface area (TPSA) is 744 Å². The van der Waals surface area contributed by atoms with Gasteiger partial charge in [0, 0.05) is 51.9 Å². The molecule has 3 aromatic rings. The number of carbonyl (C=O) groups excluding carboxylic acids is 19. The lowest BCUT2D eigenvalue weighted by molar-refractivity contribution is -0.145. The van der Waals surface area contributed by atoms with Crippen molar-refractivity contribution in [1.29, 1.82) is 5.41 Å². The average Bonchev–Trinajstić information content (AvgIpc) is 0.791. The first kappa shape index (κ1) is 124. The molecule has 0 fully saturated rings. The Bertz CT molecular complexity index is 5040. The number of nitrogens with zero attached hydrogens (tertiary/aromatic N) is 3. The van der Waals surface area contributed by atoms with E-state index in [1.165, 1.54) is 38.2 Å². The lowest BCUT2D eigenvalue weighted by Crippen LogP contribution is -2.61. The molecule has 3 aliphatic rings. The second-order valence-electron chi connectivity index (χ2n) is 38.2. The number of carboxylic acid groups (broad SMARTS) is 1. The fraction of sp³-hybridized carbons (Fsp3) is 0.606. The maximum Gasteiger partial charge on any atom is 0.303 e. The Morgan fingerprint density at radius 2 is 0.628 bits per heavy atom. The molecule has 0 spiro atoms. The summed E-state index contributed by atoms with van der Waals surface area (Å²) >= 11 is 2.77. The molecule has 19 amide bonds. The molecular formula is C99H154N26O21S2. The zero-order valence-electron chi connectivity index (χ0n) is 85.9. The first-order valence-corrected chi connectivity index (χ1v) is 53.2. The van der Waals surface area contributed by atoms with Gasteiger partial charge >= 0.3 is 5.97 Å². The van der Waals surface area contributed by atoms with E-state index in [0.29, 0.717) is 72.4 Å². The third kappa shape index (κ3) is 42.2. The van der Waals surface area contributed by atoms with Gasteiger partial charge in [0.1, 0.15) is 78.5 Å². The van der Waals surface area contributed by atoms with Gasteiger partial charge in [-0.25, -0.2) is 0 Å². The van der Waals surface area contributed by atoms with Crippen molar-refractivity contribution >= 4 is 148 Å². The molecule has 6 rings (SSSR count). The lowest BCUT2D eigenvalue weighted by Gasteiger charge is -2.38. The molecule has 3 aromatic carbocycles. The molecule has 148 heavy (non-hydrogen) atoms. The quantitative estimate of drug-likeness (QED) is 0.0145. The fourth-order valence-corrected chi connectivity index (χ4v) is 18.2. The van der Waals surface area contributed by atoms with Crippen molar-refractivity contribution in [2.75, 3.05) is 89.5 Å². The van der Waals surface area contributed by atoms with Crippen molar-refractivity contribution in [2.45, 2.75) is 275 Å². The van der Waals surface area contributed by atoms with E-state index in [1.807, 2.05) is 18.4 Å². The van der Waals surface area contributed by atoms with Crippen LogP contribution in [0.5, 0.6) is 0 Å². The van der Waals surface area contributed by atoms with Gasteiger partial charge in [-0.15, -0.1) is 0 Å². The van der Waals surface area contributed by atoms with Gasteiger partial charge in [-0.3, -0.25) is 101 Å². The first-order valence-electron chi connectivity index (χ1n) is 50.4. The number of carbonyl (C=O) groups is 20. The molecule has 818 valence electrons. The Labute approximate surface area is 871 Å². The maximum absolute atomic E-state index is 15.3. The highest BCUT2D eigenvalue weighted by Crippen LogP contribution is 2.30. The van der Waals surface area contributed by atoms with E-state index in [-0.39, 0.29) is 159 Å². The molecule has 47 nitrogen and oxygen atoms in total. The third-order valence-electron chi connectivity index (χ3n) is 25.0. The molecule has 0 saturated carbocycles. The highest BCUT2D eigenvalue weighted by molar-refractivity contribution is 7.98. The van der Waals surface area contributed by atoms with Crippen LogP contribution in [0.25, 0.3) is 0 Å². The minimum atomic E-state index is -1.66.